The molecule has 0 atom stereocenters. The van der Waals surface area contributed by atoms with E-state index in [1.165, 1.54) is 42.9 Å². The van der Waals surface area contributed by atoms with Gasteiger partial charge in [-0.15, -0.1) is 5.75 Å². The summed E-state index contributed by atoms with van der Waals surface area (Å²) in [5.74, 6) is -2.50. The summed E-state index contributed by atoms with van der Waals surface area (Å²) in [6, 6.07) is 10.1. The number of ketones is 1. The Morgan fingerprint density at radius 1 is 1.06 bits per heavy atom. The normalized spacial score (nSPS) is 10.3. The molecule has 11 heteroatoms. The van der Waals surface area contributed by atoms with E-state index < -0.39 is 11.7 Å². The van der Waals surface area contributed by atoms with Crippen LogP contribution in [0.5, 0.6) is 5.75 Å². The number of nitrogens with one attached hydrogen (secondary N) is 1. The number of pyridine rings is 1. The maximum atomic E-state index is 13.2. The van der Waals surface area contributed by atoms with E-state index in [1.807, 2.05) is 0 Å². The second kappa shape index (κ2) is 11.1. The number of anilines is 1. The zero-order chi connectivity index (χ0) is 22.1. The summed E-state index contributed by atoms with van der Waals surface area (Å²) in [4.78, 5) is 29.3. The summed E-state index contributed by atoms with van der Waals surface area (Å²) in [6.45, 7) is 0.311. The van der Waals surface area contributed by atoms with Gasteiger partial charge in [0.05, 0.1) is 21.3 Å². The molecular formula is C22H15Cl2FN3NaO4. The van der Waals surface area contributed by atoms with Gasteiger partial charge in [0.1, 0.15) is 5.82 Å². The van der Waals surface area contributed by atoms with Gasteiger partial charge >= 0.3 is 29.6 Å². The fraction of sp³-hybridized carbons (Fsp3) is 0.0455. The van der Waals surface area contributed by atoms with Crippen molar-refractivity contribution in [3.05, 3.63) is 88.0 Å². The van der Waals surface area contributed by atoms with Crippen molar-refractivity contribution in [2.24, 2.45) is 0 Å². The number of Topliss-reactive ketones (excluding diaryl/α,β-unsaturated/α-hetero) is 1. The Balaban J connectivity index is 0.00000193. The van der Waals surface area contributed by atoms with E-state index in [9.17, 15) is 19.1 Å². The molecule has 0 fully saturated rings. The van der Waals surface area contributed by atoms with Crippen LogP contribution in [-0.2, 0) is 11.3 Å². The van der Waals surface area contributed by atoms with E-state index in [-0.39, 0.29) is 67.9 Å². The van der Waals surface area contributed by atoms with Gasteiger partial charge in [0, 0.05) is 36.0 Å². The number of amides is 1. The van der Waals surface area contributed by atoms with Crippen molar-refractivity contribution in [1.29, 1.82) is 0 Å². The Morgan fingerprint density at radius 2 is 1.70 bits per heavy atom. The molecule has 0 saturated heterocycles. The second-order valence-corrected chi connectivity index (χ2v) is 7.55. The van der Waals surface area contributed by atoms with Crippen molar-refractivity contribution in [1.82, 2.24) is 9.55 Å². The molecule has 0 aliphatic rings. The summed E-state index contributed by atoms with van der Waals surface area (Å²) in [7, 11) is 0. The van der Waals surface area contributed by atoms with E-state index in [0.29, 0.717) is 17.4 Å². The molecule has 0 saturated carbocycles. The van der Waals surface area contributed by atoms with E-state index in [4.69, 9.17) is 23.2 Å². The summed E-state index contributed by atoms with van der Waals surface area (Å²) < 4.78 is 14.9. The van der Waals surface area contributed by atoms with Crippen molar-refractivity contribution in [2.45, 2.75) is 6.54 Å². The van der Waals surface area contributed by atoms with Crippen molar-refractivity contribution in [3.8, 4) is 5.75 Å². The molecule has 0 spiro atoms. The number of fused-ring (bicyclic) bond motifs is 1. The van der Waals surface area contributed by atoms with Gasteiger partial charge in [0.2, 0.25) is 0 Å². The topological polar surface area (TPSA) is 119 Å². The predicted octanol–water partition coefficient (Wildman–Crippen LogP) is 0.605. The minimum Gasteiger partial charge on any atom is -0.872 e. The van der Waals surface area contributed by atoms with Crippen LogP contribution in [0.4, 0.5) is 10.1 Å². The SMILES string of the molecule is O.O=C(Nc1c(Cl)cncc1Cl)C(=O)c1cn(Cc2ccc(F)cc2)c2ccc([O-])cc12.[Na+]. The van der Waals surface area contributed by atoms with Crippen molar-refractivity contribution < 1.29 is 54.1 Å². The average Bonchev–Trinajstić information content (AvgIpc) is 3.09. The first-order valence-corrected chi connectivity index (χ1v) is 9.78. The number of aromatic nitrogens is 2. The van der Waals surface area contributed by atoms with Crippen LogP contribution < -0.4 is 40.0 Å². The van der Waals surface area contributed by atoms with Gasteiger partial charge in [-0.2, -0.15) is 0 Å². The Labute approximate surface area is 219 Å². The fourth-order valence-corrected chi connectivity index (χ4v) is 3.66. The predicted molar refractivity (Wildman–Crippen MR) is 118 cm³/mol. The van der Waals surface area contributed by atoms with E-state index in [1.54, 1.807) is 22.8 Å². The summed E-state index contributed by atoms with van der Waals surface area (Å²) in [5.41, 5.74) is 1.48. The fourth-order valence-electron chi connectivity index (χ4n) is 3.20. The van der Waals surface area contributed by atoms with Crippen molar-refractivity contribution >= 4 is 51.5 Å². The van der Waals surface area contributed by atoms with Gasteiger partial charge in [0.15, 0.2) is 0 Å². The summed E-state index contributed by atoms with van der Waals surface area (Å²) in [6.07, 6.45) is 4.06. The molecule has 0 unspecified atom stereocenters. The first-order chi connectivity index (χ1) is 14.8. The Hall–Kier alpha value is -2.46. The Morgan fingerprint density at radius 3 is 2.33 bits per heavy atom. The van der Waals surface area contributed by atoms with Crippen LogP contribution >= 0.6 is 23.2 Å². The molecule has 33 heavy (non-hydrogen) atoms. The molecule has 2 aromatic carbocycles. The maximum absolute atomic E-state index is 13.2. The first-order valence-electron chi connectivity index (χ1n) is 9.02. The zero-order valence-corrected chi connectivity index (χ0v) is 20.7. The molecule has 0 aliphatic heterocycles. The number of carbonyl (C=O) groups excluding carboxylic acids is 2. The molecule has 164 valence electrons. The monoisotopic (exact) mass is 497 g/mol. The second-order valence-electron chi connectivity index (χ2n) is 6.74. The molecule has 3 N–H and O–H groups in total. The largest absolute Gasteiger partial charge is 1.00 e. The van der Waals surface area contributed by atoms with Crippen LogP contribution in [0.2, 0.25) is 10.0 Å². The zero-order valence-electron chi connectivity index (χ0n) is 17.2. The number of hydrogen-bond acceptors (Lipinski definition) is 4. The van der Waals surface area contributed by atoms with Gasteiger partial charge in [-0.3, -0.25) is 14.6 Å². The van der Waals surface area contributed by atoms with Crippen LogP contribution in [0, 0.1) is 5.82 Å². The molecule has 0 aliphatic carbocycles. The van der Waals surface area contributed by atoms with E-state index in [0.717, 1.165) is 5.56 Å². The van der Waals surface area contributed by atoms with Gasteiger partial charge in [-0.25, -0.2) is 4.39 Å². The average molecular weight is 498 g/mol. The van der Waals surface area contributed by atoms with Gasteiger partial charge < -0.3 is 20.5 Å². The molecule has 4 aromatic rings. The summed E-state index contributed by atoms with van der Waals surface area (Å²) in [5, 5.41) is 14.8. The molecule has 7 nitrogen and oxygen atoms in total. The summed E-state index contributed by atoms with van der Waals surface area (Å²) >= 11 is 12.0. The van der Waals surface area contributed by atoms with Crippen molar-refractivity contribution in [2.75, 3.05) is 5.32 Å². The van der Waals surface area contributed by atoms with Crippen LogP contribution in [0.3, 0.4) is 0 Å². The number of nitrogens with zero attached hydrogens (tertiary/aromatic N) is 2. The van der Waals surface area contributed by atoms with Crippen LogP contribution in [0.25, 0.3) is 10.9 Å². The quantitative estimate of drug-likeness (QED) is 0.246. The molecule has 0 bridgehead atoms. The maximum Gasteiger partial charge on any atom is 1.00 e. The smallest absolute Gasteiger partial charge is 0.872 e. The molecule has 1 amide bonds. The van der Waals surface area contributed by atoms with Crippen molar-refractivity contribution in [3.63, 3.8) is 0 Å². The third kappa shape index (κ3) is 5.73. The molecule has 0 radical (unpaired) electrons. The van der Waals surface area contributed by atoms with Crippen LogP contribution in [0.15, 0.2) is 61.1 Å². The third-order valence-corrected chi connectivity index (χ3v) is 5.23. The van der Waals surface area contributed by atoms with Gasteiger partial charge in [-0.05, 0) is 23.8 Å². The van der Waals surface area contributed by atoms with Crippen LogP contribution in [-0.4, -0.2) is 26.7 Å². The minimum atomic E-state index is -0.966. The standard InChI is InChI=1S/C22H14Cl2FN3O3.Na.H2O/c23-17-8-26-9-18(24)20(17)27-22(31)21(30)16-11-28(10-12-1-3-13(25)4-2-12)19-6-5-14(29)7-15(16)19;;/h1-9,11,29H,10H2,(H,26,27,31);;1H2/q;+1;/p-1. The molecule has 2 heterocycles. The number of carbonyl (C=O) groups is 2. The third-order valence-electron chi connectivity index (χ3n) is 4.66. The molecule has 4 rings (SSSR count). The number of rotatable bonds is 5. The molecular weight excluding hydrogens is 483 g/mol. The minimum absolute atomic E-state index is 0. The van der Waals surface area contributed by atoms with Gasteiger partial charge in [-0.1, -0.05) is 47.5 Å². The van der Waals surface area contributed by atoms with Gasteiger partial charge in [0.25, 0.3) is 11.7 Å². The Bertz CT molecular complexity index is 1310. The number of benzene rings is 2. The number of hydrogen-bond donors (Lipinski definition) is 1. The molecule has 2 aromatic heterocycles. The Kier molecular flexibility index (Phi) is 9.02. The first kappa shape index (κ1) is 26.8. The van der Waals surface area contributed by atoms with Crippen LogP contribution in [0.1, 0.15) is 15.9 Å². The van der Waals surface area contributed by atoms with E-state index in [2.05, 4.69) is 10.3 Å². The number of halogens is 3. The van der Waals surface area contributed by atoms with E-state index >= 15 is 0 Å².